The smallest absolute Gasteiger partial charge is 0.256 e. The van der Waals surface area contributed by atoms with Gasteiger partial charge in [0.15, 0.2) is 0 Å². The van der Waals surface area contributed by atoms with Crippen molar-refractivity contribution < 1.29 is 14.3 Å². The summed E-state index contributed by atoms with van der Waals surface area (Å²) in [4.78, 5) is 24.7. The number of hydrogen-bond donors (Lipinski definition) is 0. The van der Waals surface area contributed by atoms with Crippen molar-refractivity contribution in [2.75, 3.05) is 14.2 Å². The SMILES string of the molecule is COc1ccc(/C=C2/CC(=O)N(C)C2=O)c2ccccc12. The number of imide groups is 1. The molecule has 3 rings (SSSR count). The van der Waals surface area contributed by atoms with Gasteiger partial charge in [-0.3, -0.25) is 14.5 Å². The van der Waals surface area contributed by atoms with E-state index in [2.05, 4.69) is 0 Å². The summed E-state index contributed by atoms with van der Waals surface area (Å²) in [6, 6.07) is 11.6. The van der Waals surface area contributed by atoms with Gasteiger partial charge in [0.25, 0.3) is 5.91 Å². The first-order valence-corrected chi connectivity index (χ1v) is 6.69. The molecule has 106 valence electrons. The second kappa shape index (κ2) is 5.05. The maximum Gasteiger partial charge on any atom is 0.256 e. The van der Waals surface area contributed by atoms with Gasteiger partial charge in [0.1, 0.15) is 5.75 Å². The molecule has 0 N–H and O–H groups in total. The van der Waals surface area contributed by atoms with Crippen molar-refractivity contribution >= 4 is 28.7 Å². The standard InChI is InChI=1S/C17H15NO3/c1-18-16(19)10-12(17(18)20)9-11-7-8-15(21-2)14-6-4-3-5-13(11)14/h3-9H,10H2,1-2H3/b12-9-. The first-order chi connectivity index (χ1) is 10.1. The highest BCUT2D eigenvalue weighted by atomic mass is 16.5. The van der Waals surface area contributed by atoms with E-state index in [1.807, 2.05) is 36.4 Å². The summed E-state index contributed by atoms with van der Waals surface area (Å²) in [6.07, 6.45) is 1.96. The zero-order valence-corrected chi connectivity index (χ0v) is 11.9. The Labute approximate surface area is 122 Å². The first kappa shape index (κ1) is 13.4. The van der Waals surface area contributed by atoms with Crippen LogP contribution in [0.2, 0.25) is 0 Å². The van der Waals surface area contributed by atoms with Crippen molar-refractivity contribution in [3.8, 4) is 5.75 Å². The molecule has 1 heterocycles. The number of likely N-dealkylation sites (N-methyl/N-ethyl adjacent to an activating group) is 1. The van der Waals surface area contributed by atoms with Gasteiger partial charge in [0, 0.05) is 18.0 Å². The molecular formula is C17H15NO3. The van der Waals surface area contributed by atoms with Gasteiger partial charge in [-0.1, -0.05) is 30.3 Å². The van der Waals surface area contributed by atoms with Crippen LogP contribution in [-0.2, 0) is 9.59 Å². The lowest BCUT2D eigenvalue weighted by Crippen LogP contribution is -2.23. The van der Waals surface area contributed by atoms with Crippen molar-refractivity contribution in [3.05, 3.63) is 47.5 Å². The number of rotatable bonds is 2. The quantitative estimate of drug-likeness (QED) is 0.628. The van der Waals surface area contributed by atoms with E-state index in [9.17, 15) is 9.59 Å². The van der Waals surface area contributed by atoms with Crippen LogP contribution in [0, 0.1) is 0 Å². The number of benzene rings is 2. The third-order valence-corrected chi connectivity index (χ3v) is 3.76. The second-order valence-corrected chi connectivity index (χ2v) is 5.01. The highest BCUT2D eigenvalue weighted by Crippen LogP contribution is 2.30. The van der Waals surface area contributed by atoms with Crippen LogP contribution < -0.4 is 4.74 Å². The number of ether oxygens (including phenoxy) is 1. The van der Waals surface area contributed by atoms with E-state index in [4.69, 9.17) is 4.74 Å². The number of methoxy groups -OCH3 is 1. The third kappa shape index (κ3) is 2.18. The number of hydrogen-bond acceptors (Lipinski definition) is 3. The average molecular weight is 281 g/mol. The van der Waals surface area contributed by atoms with E-state index < -0.39 is 0 Å². The molecule has 0 aliphatic carbocycles. The Morgan fingerprint density at radius 3 is 2.43 bits per heavy atom. The van der Waals surface area contributed by atoms with Crippen LogP contribution in [0.25, 0.3) is 16.8 Å². The molecule has 2 aromatic carbocycles. The summed E-state index contributed by atoms with van der Waals surface area (Å²) < 4.78 is 5.36. The zero-order valence-electron chi connectivity index (χ0n) is 11.9. The second-order valence-electron chi connectivity index (χ2n) is 5.01. The molecule has 21 heavy (non-hydrogen) atoms. The van der Waals surface area contributed by atoms with Crippen LogP contribution in [-0.4, -0.2) is 30.9 Å². The van der Waals surface area contributed by atoms with E-state index >= 15 is 0 Å². The van der Waals surface area contributed by atoms with Crippen LogP contribution in [0.3, 0.4) is 0 Å². The summed E-state index contributed by atoms with van der Waals surface area (Å²) in [6.45, 7) is 0. The van der Waals surface area contributed by atoms with Gasteiger partial charge in [-0.25, -0.2) is 0 Å². The van der Waals surface area contributed by atoms with Crippen molar-refractivity contribution in [1.82, 2.24) is 4.90 Å². The zero-order chi connectivity index (χ0) is 15.0. The van der Waals surface area contributed by atoms with Gasteiger partial charge in [-0.2, -0.15) is 0 Å². The average Bonchev–Trinajstić information content (AvgIpc) is 2.75. The molecule has 0 aromatic heterocycles. The van der Waals surface area contributed by atoms with E-state index in [1.165, 1.54) is 7.05 Å². The van der Waals surface area contributed by atoms with Crippen molar-refractivity contribution in [2.24, 2.45) is 0 Å². The molecule has 2 amide bonds. The predicted molar refractivity (Wildman–Crippen MR) is 80.9 cm³/mol. The molecule has 0 atom stereocenters. The molecule has 0 saturated carbocycles. The summed E-state index contributed by atoms with van der Waals surface area (Å²) in [7, 11) is 3.14. The highest BCUT2D eigenvalue weighted by Gasteiger charge is 2.30. The van der Waals surface area contributed by atoms with Crippen LogP contribution >= 0.6 is 0 Å². The summed E-state index contributed by atoms with van der Waals surface area (Å²) in [5, 5.41) is 1.98. The molecule has 4 nitrogen and oxygen atoms in total. The molecule has 4 heteroatoms. The minimum atomic E-state index is -0.222. The summed E-state index contributed by atoms with van der Waals surface area (Å²) in [5.74, 6) is 0.405. The number of fused-ring (bicyclic) bond motifs is 1. The minimum Gasteiger partial charge on any atom is -0.496 e. The molecule has 1 fully saturated rings. The monoisotopic (exact) mass is 281 g/mol. The van der Waals surface area contributed by atoms with Gasteiger partial charge < -0.3 is 4.74 Å². The summed E-state index contributed by atoms with van der Waals surface area (Å²) in [5.41, 5.74) is 1.44. The Morgan fingerprint density at radius 1 is 1.10 bits per heavy atom. The van der Waals surface area contributed by atoms with Crippen molar-refractivity contribution in [1.29, 1.82) is 0 Å². The molecule has 1 aliphatic rings. The van der Waals surface area contributed by atoms with Crippen LogP contribution in [0.5, 0.6) is 5.75 Å². The lowest BCUT2D eigenvalue weighted by atomic mass is 10.0. The predicted octanol–water partition coefficient (Wildman–Crippen LogP) is 2.62. The van der Waals surface area contributed by atoms with Gasteiger partial charge in [0.2, 0.25) is 5.91 Å². The maximum atomic E-state index is 12.0. The van der Waals surface area contributed by atoms with E-state index in [0.29, 0.717) is 5.57 Å². The Kier molecular flexibility index (Phi) is 3.22. The fourth-order valence-corrected chi connectivity index (χ4v) is 2.58. The number of amides is 2. The number of carbonyl (C=O) groups excluding carboxylic acids is 2. The van der Waals surface area contributed by atoms with Gasteiger partial charge in [-0.05, 0) is 23.1 Å². The lowest BCUT2D eigenvalue weighted by Gasteiger charge is -2.08. The highest BCUT2D eigenvalue weighted by molar-refractivity contribution is 6.16. The first-order valence-electron chi connectivity index (χ1n) is 6.69. The van der Waals surface area contributed by atoms with Crippen molar-refractivity contribution in [3.63, 3.8) is 0 Å². The van der Waals surface area contributed by atoms with E-state index in [0.717, 1.165) is 27.0 Å². The Balaban J connectivity index is 2.14. The Bertz CT molecular complexity index is 777. The van der Waals surface area contributed by atoms with Crippen LogP contribution in [0.1, 0.15) is 12.0 Å². The molecule has 1 saturated heterocycles. The van der Waals surface area contributed by atoms with Gasteiger partial charge >= 0.3 is 0 Å². The molecule has 0 radical (unpaired) electrons. The van der Waals surface area contributed by atoms with E-state index in [1.54, 1.807) is 13.2 Å². The fraction of sp³-hybridized carbons (Fsp3) is 0.176. The van der Waals surface area contributed by atoms with Gasteiger partial charge in [-0.15, -0.1) is 0 Å². The maximum absolute atomic E-state index is 12.0. The normalized spacial score (nSPS) is 17.0. The van der Waals surface area contributed by atoms with Crippen LogP contribution in [0.15, 0.2) is 42.0 Å². The van der Waals surface area contributed by atoms with Crippen molar-refractivity contribution in [2.45, 2.75) is 6.42 Å². The summed E-state index contributed by atoms with van der Waals surface area (Å²) >= 11 is 0. The lowest BCUT2D eigenvalue weighted by molar-refractivity contribution is -0.135. The molecule has 1 aliphatic heterocycles. The minimum absolute atomic E-state index is 0.162. The Hall–Kier alpha value is -2.62. The molecule has 2 aromatic rings. The molecule has 0 spiro atoms. The largest absolute Gasteiger partial charge is 0.496 e. The van der Waals surface area contributed by atoms with Crippen LogP contribution in [0.4, 0.5) is 0 Å². The molecule has 0 unspecified atom stereocenters. The van der Waals surface area contributed by atoms with E-state index in [-0.39, 0.29) is 18.2 Å². The van der Waals surface area contributed by atoms with Gasteiger partial charge in [0.05, 0.1) is 13.5 Å². The number of likely N-dealkylation sites (tertiary alicyclic amines) is 1. The Morgan fingerprint density at radius 2 is 1.81 bits per heavy atom. The third-order valence-electron chi connectivity index (χ3n) is 3.76. The molecular weight excluding hydrogens is 266 g/mol. The topological polar surface area (TPSA) is 46.6 Å². The number of nitrogens with zero attached hydrogens (tertiary/aromatic N) is 1. The fourth-order valence-electron chi connectivity index (χ4n) is 2.58. The number of carbonyl (C=O) groups is 2. The molecule has 0 bridgehead atoms.